The zero-order valence-electron chi connectivity index (χ0n) is 82.0. The SMILES string of the molecule is C#CC#CC#CC#CC#CC#CC#C.C#CC#CC#CC#CC#CC#CC#CC#CC#CC#CC.C=Cc1ccccc1.CC(C)(C)/[N+](O)=C/c1ccccc1.CC(C)C.CC(C)C(c1ccccc1)N(O)C(C)(C)C.CC(ON(C(c1ccccc1)C(C)C)C(C)(C)C)c1ccccc1.Cc1cc(C)c(O)c(C=N[C@H]2CCCC[C@@H]2N=Cc2cc(C)cc(C)c2O)c1.N=O.NN=O.[Cl-].[HH].[HH].[HH].[HH].[HH].[HH].[HH].[HH].[HH].[HH].[HH].[HH].[HH].[HH].[HH].[HH].[HH].[HH].[HH].[HH].[HH].[HH].[HH].[Mn]. The van der Waals surface area contributed by atoms with Gasteiger partial charge in [0.1, 0.15) is 17.6 Å². The van der Waals surface area contributed by atoms with Gasteiger partial charge in [-0.3, -0.25) is 25.9 Å². The standard InChI is InChI=1S/C24H30N2O2.C22H31NO.C21H4.C14H23NO.C14H2.C11H16NO.C8H8.C4H10.ClH.Mn.H2N2O.HNO.23H2/c1-15-9-17(3)23(27)19(11-15)13-25-21-7-5-6-8-22(21)26-14-20-12-16(2)10-18(4)24(20)28;1-17(2)21(20-15-11-8-12-16-20)23(22(4,5)6)24-18(3)19-13-9-7-10-14-19;1-3-5-7-9-11-13-15-17-19-21-20-18-16-14-12-10-8-6-4-2;1-11(2)13(15(16)14(3,4)5)12-9-7-6-8-10-12;1-3-5-7-9-11-13-14-12-10-8-6-4-2;1-11(2,3)12(13)9-10-7-5-4-6-8-10;1-2-8-6-4-3-5-7-8;1-4(2)3;;;1-2-3;1-2;;;;;;;;;;;;;;;;;;;;;;;/h9-14,21-22,27-28H,5-8H2,1-4H3;7-18,21H,1-6H3;1H,2H3;6-11,13,16H,1-5H3;1-2H;4-9,13H,1-3H3;2-7H,1H2;4H,1-3H3;1H;;(H2,1,3);1H;23*1H/q;;;;;+1;;;;;;;;;;;;;;;;;;;;;;;;;;;;;/p-1/b;;;;;12-9-;;;;;;;;;;;;;;;;;;;;;;;;;;;;;/t21-,22-;;;;;;;;;;;;;;;;;;;;;;;;;;;;;;;;;;/m0................................../s1. The predicted molar refractivity (Wildman–Crippen MR) is 602 cm³/mol. The van der Waals surface area contributed by atoms with E-state index in [1.807, 2.05) is 185 Å². The van der Waals surface area contributed by atoms with Crippen molar-refractivity contribution in [3.8, 4) is 214 Å². The molecule has 0 saturated heterocycles. The number of nitrogens with two attached hydrogens (primary N) is 1. The summed E-state index contributed by atoms with van der Waals surface area (Å²) in [6.45, 7) is 49.1. The van der Waals surface area contributed by atoms with Crippen LogP contribution >= 0.6 is 0 Å². The van der Waals surface area contributed by atoms with Crippen molar-refractivity contribution >= 4 is 24.7 Å². The number of nitroso groups, excluding NO2 is 2. The maximum Gasteiger partial charge on any atom is 0.223 e. The molecule has 741 valence electrons. The number of halogens is 1. The van der Waals surface area contributed by atoms with Gasteiger partial charge < -0.3 is 27.8 Å². The number of benzene rings is 7. The van der Waals surface area contributed by atoms with Crippen molar-refractivity contribution in [1.82, 2.24) is 10.1 Å². The topological polar surface area (TPSA) is 221 Å². The first-order valence-electron chi connectivity index (χ1n) is 42.7. The van der Waals surface area contributed by atoms with Gasteiger partial charge in [0.05, 0.1) is 24.2 Å². The zero-order chi connectivity index (χ0) is 100. The van der Waals surface area contributed by atoms with Crippen molar-refractivity contribution in [1.29, 1.82) is 5.59 Å². The molecule has 15 nitrogen and oxygen atoms in total. The van der Waals surface area contributed by atoms with Gasteiger partial charge in [0, 0.05) is 128 Å². The van der Waals surface area contributed by atoms with E-state index in [-0.39, 0.29) is 109 Å². The van der Waals surface area contributed by atoms with E-state index in [1.165, 1.54) is 26.5 Å². The molecule has 7 N–H and O–H groups in total. The van der Waals surface area contributed by atoms with Crippen LogP contribution in [0.3, 0.4) is 0 Å². The Kier molecular flexibility index (Phi) is 71.5. The number of aromatic hydroxyl groups is 2. The molecule has 17 heteroatoms. The van der Waals surface area contributed by atoms with Gasteiger partial charge in [-0.15, -0.1) is 24.2 Å². The number of phenols is 2. The molecule has 1 radical (unpaired) electrons. The van der Waals surface area contributed by atoms with Gasteiger partial charge in [-0.2, -0.15) is 15.0 Å². The number of nitrogens with one attached hydrogen (secondary N) is 1. The molecule has 0 bridgehead atoms. The van der Waals surface area contributed by atoms with Crippen molar-refractivity contribution < 1.29 is 92.5 Å². The molecule has 1 aliphatic rings. The van der Waals surface area contributed by atoms with E-state index in [4.69, 9.17) is 43.9 Å². The van der Waals surface area contributed by atoms with Crippen LogP contribution in [0.25, 0.3) is 6.08 Å². The molecule has 3 unspecified atom stereocenters. The normalized spacial score (nSPS) is 11.7. The Labute approximate surface area is 860 Å². The number of terminal acetylenes is 3. The van der Waals surface area contributed by atoms with Crippen LogP contribution in [-0.2, 0) is 21.9 Å². The molecular formula is C118H173ClMnN8O7. The molecule has 7 aromatic rings. The Morgan fingerprint density at radius 2 is 0.748 bits per heavy atom. The molecule has 0 aromatic heterocycles. The fraction of sp³-hybridized carbons (Fsp3) is 0.314. The van der Waals surface area contributed by atoms with Crippen molar-refractivity contribution in [2.24, 2.45) is 38.9 Å². The largest absolute Gasteiger partial charge is 1.00 e. The maximum atomic E-state index is 10.3. The molecule has 5 atom stereocenters. The summed E-state index contributed by atoms with van der Waals surface area (Å²) in [5.41, 5.74) is 15.2. The molecule has 1 fully saturated rings. The van der Waals surface area contributed by atoms with Gasteiger partial charge >= 0.3 is 0 Å². The van der Waals surface area contributed by atoms with E-state index in [0.717, 1.165) is 76.1 Å². The average Bonchev–Trinajstić information content (AvgIpc) is 0.790. The summed E-state index contributed by atoms with van der Waals surface area (Å²) in [4.78, 5) is 31.9. The molecule has 0 aliphatic heterocycles. The van der Waals surface area contributed by atoms with Crippen LogP contribution in [-0.4, -0.2) is 82.8 Å². The minimum absolute atomic E-state index is 0. The summed E-state index contributed by atoms with van der Waals surface area (Å²) < 4.78 is 1.22. The van der Waals surface area contributed by atoms with E-state index in [0.29, 0.717) is 23.3 Å². The molecule has 1 saturated carbocycles. The number of rotatable bonds is 15. The molecule has 7 aromatic carbocycles. The number of hydroxylamine groups is 5. The summed E-state index contributed by atoms with van der Waals surface area (Å²) in [5, 5.41) is 45.9. The Bertz CT molecular complexity index is 5940. The van der Waals surface area contributed by atoms with E-state index < -0.39 is 0 Å². The number of phenolic OH excluding ortho intramolecular Hbond substituents is 2. The van der Waals surface area contributed by atoms with E-state index in [9.17, 15) is 20.6 Å². The summed E-state index contributed by atoms with van der Waals surface area (Å²) in [7, 11) is 0. The number of aliphatic imine (C=N–C) groups is 2. The third kappa shape index (κ3) is 61.2. The average molecular weight is 1910 g/mol. The van der Waals surface area contributed by atoms with Crippen LogP contribution in [0.2, 0.25) is 0 Å². The fourth-order valence-electron chi connectivity index (χ4n) is 11.2. The second kappa shape index (κ2) is 76.6. The second-order valence-electron chi connectivity index (χ2n) is 32.9. The Hall–Kier alpha value is -15.1. The van der Waals surface area contributed by atoms with Crippen LogP contribution < -0.4 is 18.2 Å². The number of nitrogens with zero attached hydrogens (tertiary/aromatic N) is 6. The molecule has 135 heavy (non-hydrogen) atoms. The second-order valence-corrected chi connectivity index (χ2v) is 32.9. The van der Waals surface area contributed by atoms with Crippen LogP contribution in [0.5, 0.6) is 11.5 Å². The summed E-state index contributed by atoms with van der Waals surface area (Å²) in [6.07, 6.45) is 26.0. The molecular weight excluding hydrogens is 1730 g/mol. The van der Waals surface area contributed by atoms with Crippen molar-refractivity contribution in [3.63, 3.8) is 0 Å². The fourth-order valence-corrected chi connectivity index (χ4v) is 11.2. The van der Waals surface area contributed by atoms with Crippen LogP contribution in [0.1, 0.15) is 263 Å². The molecule has 0 spiro atoms. The Morgan fingerprint density at radius 3 is 1.01 bits per heavy atom. The first-order valence-corrected chi connectivity index (χ1v) is 42.7. The first-order chi connectivity index (χ1) is 63.4. The molecule has 0 amide bonds. The Balaban J connectivity index is -0.0000000497. The quantitative estimate of drug-likeness (QED) is 0.00833. The summed E-state index contributed by atoms with van der Waals surface area (Å²) in [6, 6.07) is 59.3. The number of hydrogen-bond donors (Lipinski definition) is 6. The van der Waals surface area contributed by atoms with Crippen molar-refractivity contribution in [2.75, 3.05) is 0 Å². The van der Waals surface area contributed by atoms with Gasteiger partial charge in [0.25, 0.3) is 0 Å². The maximum absolute atomic E-state index is 10.3. The zero-order valence-corrected chi connectivity index (χ0v) is 83.9. The van der Waals surface area contributed by atoms with Gasteiger partial charge in [0.2, 0.25) is 11.8 Å². The molecule has 8 rings (SSSR count). The van der Waals surface area contributed by atoms with Gasteiger partial charge in [0.15, 0.2) is 0 Å². The summed E-state index contributed by atoms with van der Waals surface area (Å²) in [5.74, 6) is 81.3. The monoisotopic (exact) mass is 1900 g/mol. The first kappa shape index (κ1) is 126. The minimum atomic E-state index is -0.254. The third-order valence-electron chi connectivity index (χ3n) is 17.1. The number of hydrogen-bond acceptors (Lipinski definition) is 13. The molecule has 0 heterocycles. The van der Waals surface area contributed by atoms with E-state index in [2.05, 4.69) is 350 Å². The van der Waals surface area contributed by atoms with Crippen LogP contribution in [0, 0.1) is 264 Å². The predicted octanol–water partition coefficient (Wildman–Crippen LogP) is 25.1. The van der Waals surface area contributed by atoms with Gasteiger partial charge in [-0.25, -0.2) is 0 Å². The van der Waals surface area contributed by atoms with Gasteiger partial charge in [-0.1, -0.05) is 237 Å². The van der Waals surface area contributed by atoms with Crippen molar-refractivity contribution in [3.05, 3.63) is 254 Å². The van der Waals surface area contributed by atoms with Gasteiger partial charge in [-0.05, 0) is 353 Å². The Morgan fingerprint density at radius 1 is 0.474 bits per heavy atom. The molecule has 1 aliphatic carbocycles. The van der Waals surface area contributed by atoms with E-state index >= 15 is 0 Å². The van der Waals surface area contributed by atoms with Crippen molar-refractivity contribution in [2.45, 2.75) is 225 Å². The summed E-state index contributed by atoms with van der Waals surface area (Å²) >= 11 is 0. The smallest absolute Gasteiger partial charge is 0.223 e. The van der Waals surface area contributed by atoms with Crippen LogP contribution in [0.4, 0.5) is 0 Å². The van der Waals surface area contributed by atoms with Crippen LogP contribution in [0.15, 0.2) is 198 Å². The van der Waals surface area contributed by atoms with E-state index in [1.54, 1.807) is 30.9 Å². The minimum Gasteiger partial charge on any atom is -1.00 e. The number of aryl methyl sites for hydroxylation is 4. The third-order valence-corrected chi connectivity index (χ3v) is 17.1.